The zero-order valence-corrected chi connectivity index (χ0v) is 12.9. The molecule has 1 aromatic carbocycles. The number of rotatable bonds is 4. The second kappa shape index (κ2) is 7.15. The summed E-state index contributed by atoms with van der Waals surface area (Å²) in [6.45, 7) is 4.45. The molecular formula is C14H17BrFNO3. The molecule has 0 aromatic heterocycles. The number of ether oxygens (including phenoxy) is 2. The first-order valence-electron chi connectivity index (χ1n) is 6.57. The van der Waals surface area contributed by atoms with Gasteiger partial charge < -0.3 is 9.47 Å². The molecule has 1 atom stereocenters. The smallest absolute Gasteiger partial charge is 0.328 e. The number of hydrogen-bond acceptors (Lipinski definition) is 4. The van der Waals surface area contributed by atoms with Crippen LogP contribution in [0.15, 0.2) is 22.7 Å². The molecule has 20 heavy (non-hydrogen) atoms. The van der Waals surface area contributed by atoms with Gasteiger partial charge in [0.25, 0.3) is 0 Å². The lowest BCUT2D eigenvalue weighted by Crippen LogP contribution is -2.42. The number of esters is 1. The summed E-state index contributed by atoms with van der Waals surface area (Å²) in [5, 5.41) is 0. The van der Waals surface area contributed by atoms with Crippen molar-refractivity contribution in [1.82, 2.24) is 4.90 Å². The molecule has 0 saturated carbocycles. The molecule has 110 valence electrons. The largest absolute Gasteiger partial charge is 0.465 e. The summed E-state index contributed by atoms with van der Waals surface area (Å²) in [5.74, 6) is -0.735. The number of halogens is 2. The molecule has 0 amide bonds. The van der Waals surface area contributed by atoms with Gasteiger partial charge in [-0.05, 0) is 40.5 Å². The van der Waals surface area contributed by atoms with Crippen LogP contribution >= 0.6 is 15.9 Å². The monoisotopic (exact) mass is 345 g/mol. The van der Waals surface area contributed by atoms with Gasteiger partial charge in [0, 0.05) is 13.1 Å². The molecule has 1 saturated heterocycles. The van der Waals surface area contributed by atoms with E-state index < -0.39 is 6.04 Å². The van der Waals surface area contributed by atoms with Crippen LogP contribution in [0.4, 0.5) is 4.39 Å². The van der Waals surface area contributed by atoms with Crippen LogP contribution in [0.5, 0.6) is 0 Å². The highest BCUT2D eigenvalue weighted by atomic mass is 79.9. The fraction of sp³-hybridized carbons (Fsp3) is 0.500. The number of morpholine rings is 1. The second-order valence-corrected chi connectivity index (χ2v) is 5.33. The number of hydrogen-bond donors (Lipinski definition) is 0. The maximum absolute atomic E-state index is 13.7. The van der Waals surface area contributed by atoms with Crippen molar-refractivity contribution in [2.45, 2.75) is 13.0 Å². The predicted molar refractivity (Wildman–Crippen MR) is 75.9 cm³/mol. The van der Waals surface area contributed by atoms with Crippen molar-refractivity contribution in [2.75, 3.05) is 32.9 Å². The van der Waals surface area contributed by atoms with Crippen LogP contribution in [0.25, 0.3) is 0 Å². The van der Waals surface area contributed by atoms with Crippen LogP contribution in [0.2, 0.25) is 0 Å². The first kappa shape index (κ1) is 15.4. The Morgan fingerprint density at radius 3 is 2.80 bits per heavy atom. The molecule has 2 rings (SSSR count). The molecular weight excluding hydrogens is 329 g/mol. The number of benzene rings is 1. The number of nitrogens with zero attached hydrogens (tertiary/aromatic N) is 1. The van der Waals surface area contributed by atoms with Crippen molar-refractivity contribution in [2.24, 2.45) is 0 Å². The third-order valence-corrected chi connectivity index (χ3v) is 3.82. The fourth-order valence-electron chi connectivity index (χ4n) is 2.24. The van der Waals surface area contributed by atoms with E-state index in [-0.39, 0.29) is 11.8 Å². The zero-order chi connectivity index (χ0) is 14.5. The summed E-state index contributed by atoms with van der Waals surface area (Å²) in [6, 6.07) is 4.14. The van der Waals surface area contributed by atoms with E-state index in [0.29, 0.717) is 42.9 Å². The first-order valence-corrected chi connectivity index (χ1v) is 7.36. The van der Waals surface area contributed by atoms with Gasteiger partial charge in [-0.25, -0.2) is 9.18 Å². The van der Waals surface area contributed by atoms with E-state index in [2.05, 4.69) is 15.9 Å². The maximum atomic E-state index is 13.7. The van der Waals surface area contributed by atoms with E-state index >= 15 is 0 Å². The molecule has 4 nitrogen and oxygen atoms in total. The van der Waals surface area contributed by atoms with E-state index in [0.717, 1.165) is 0 Å². The molecule has 1 fully saturated rings. The molecule has 6 heteroatoms. The van der Waals surface area contributed by atoms with Gasteiger partial charge in [0.05, 0.1) is 24.3 Å². The third kappa shape index (κ3) is 3.56. The average Bonchev–Trinajstić information content (AvgIpc) is 2.44. The quantitative estimate of drug-likeness (QED) is 0.786. The van der Waals surface area contributed by atoms with Crippen LogP contribution < -0.4 is 0 Å². The van der Waals surface area contributed by atoms with E-state index in [1.165, 1.54) is 6.07 Å². The van der Waals surface area contributed by atoms with Gasteiger partial charge in [0.2, 0.25) is 0 Å². The lowest BCUT2D eigenvalue weighted by atomic mass is 10.0. The number of carbonyl (C=O) groups is 1. The minimum atomic E-state index is -0.582. The van der Waals surface area contributed by atoms with Crippen LogP contribution in [0, 0.1) is 5.82 Å². The molecule has 0 spiro atoms. The Hall–Kier alpha value is -0.980. The van der Waals surface area contributed by atoms with Crippen molar-refractivity contribution < 1.29 is 18.7 Å². The zero-order valence-electron chi connectivity index (χ0n) is 11.3. The Morgan fingerprint density at radius 1 is 1.50 bits per heavy atom. The van der Waals surface area contributed by atoms with Crippen molar-refractivity contribution in [3.63, 3.8) is 0 Å². The van der Waals surface area contributed by atoms with Gasteiger partial charge in [0.15, 0.2) is 0 Å². The standard InChI is InChI=1S/C14H17BrFNO3/c1-2-20-14(18)13(17-5-7-19-8-6-17)10-3-4-11(15)12(16)9-10/h3-4,9,13H,2,5-8H2,1H3. The van der Waals surface area contributed by atoms with Gasteiger partial charge >= 0.3 is 5.97 Å². The molecule has 0 N–H and O–H groups in total. The summed E-state index contributed by atoms with van der Waals surface area (Å²) in [5.41, 5.74) is 0.603. The molecule has 1 aromatic rings. The lowest BCUT2D eigenvalue weighted by molar-refractivity contribution is -0.151. The van der Waals surface area contributed by atoms with E-state index in [1.807, 2.05) is 4.90 Å². The van der Waals surface area contributed by atoms with Crippen molar-refractivity contribution in [1.29, 1.82) is 0 Å². The Morgan fingerprint density at radius 2 is 2.20 bits per heavy atom. The number of carbonyl (C=O) groups excluding carboxylic acids is 1. The van der Waals surface area contributed by atoms with Crippen molar-refractivity contribution in [3.8, 4) is 0 Å². The predicted octanol–water partition coefficient (Wildman–Crippen LogP) is 2.52. The van der Waals surface area contributed by atoms with E-state index in [9.17, 15) is 9.18 Å². The van der Waals surface area contributed by atoms with Gasteiger partial charge in [-0.15, -0.1) is 0 Å². The lowest BCUT2D eigenvalue weighted by Gasteiger charge is -2.33. The molecule has 1 unspecified atom stereocenters. The molecule has 0 radical (unpaired) electrons. The van der Waals surface area contributed by atoms with Gasteiger partial charge in [-0.3, -0.25) is 4.90 Å². The van der Waals surface area contributed by atoms with Crippen LogP contribution in [0.1, 0.15) is 18.5 Å². The Labute approximate surface area is 126 Å². The highest BCUT2D eigenvalue weighted by Crippen LogP contribution is 2.26. The summed E-state index contributed by atoms with van der Waals surface area (Å²) in [4.78, 5) is 14.2. The third-order valence-electron chi connectivity index (χ3n) is 3.18. The minimum absolute atomic E-state index is 0.304. The van der Waals surface area contributed by atoms with E-state index in [4.69, 9.17) is 9.47 Å². The Bertz CT molecular complexity index is 477. The highest BCUT2D eigenvalue weighted by Gasteiger charge is 2.30. The van der Waals surface area contributed by atoms with Gasteiger partial charge in [-0.2, -0.15) is 0 Å². The average molecular weight is 346 g/mol. The maximum Gasteiger partial charge on any atom is 0.328 e. The normalized spacial score (nSPS) is 17.8. The molecule has 1 aliphatic rings. The highest BCUT2D eigenvalue weighted by molar-refractivity contribution is 9.10. The molecule has 0 bridgehead atoms. The van der Waals surface area contributed by atoms with Crippen LogP contribution in [-0.2, 0) is 14.3 Å². The van der Waals surface area contributed by atoms with Crippen molar-refractivity contribution in [3.05, 3.63) is 34.1 Å². The summed E-state index contributed by atoms with van der Waals surface area (Å²) in [7, 11) is 0. The SMILES string of the molecule is CCOC(=O)C(c1ccc(Br)c(F)c1)N1CCOCC1. The first-order chi connectivity index (χ1) is 9.63. The van der Waals surface area contributed by atoms with E-state index in [1.54, 1.807) is 19.1 Å². The van der Waals surface area contributed by atoms with Gasteiger partial charge in [0.1, 0.15) is 11.9 Å². The topological polar surface area (TPSA) is 38.8 Å². The van der Waals surface area contributed by atoms with Gasteiger partial charge in [-0.1, -0.05) is 6.07 Å². The minimum Gasteiger partial charge on any atom is -0.465 e. The second-order valence-electron chi connectivity index (χ2n) is 4.48. The summed E-state index contributed by atoms with van der Waals surface area (Å²) >= 11 is 3.12. The molecule has 1 aliphatic heterocycles. The Kier molecular flexibility index (Phi) is 5.51. The molecule has 1 heterocycles. The van der Waals surface area contributed by atoms with Crippen LogP contribution in [-0.4, -0.2) is 43.8 Å². The van der Waals surface area contributed by atoms with Crippen LogP contribution in [0.3, 0.4) is 0 Å². The summed E-state index contributed by atoms with van der Waals surface area (Å²) in [6.07, 6.45) is 0. The Balaban J connectivity index is 2.28. The summed E-state index contributed by atoms with van der Waals surface area (Å²) < 4.78 is 24.5. The fourth-order valence-corrected chi connectivity index (χ4v) is 2.48. The van der Waals surface area contributed by atoms with Crippen molar-refractivity contribution >= 4 is 21.9 Å². The molecule has 0 aliphatic carbocycles.